The summed E-state index contributed by atoms with van der Waals surface area (Å²) in [6, 6.07) is 13.9. The monoisotopic (exact) mass is 335 g/mol. The van der Waals surface area contributed by atoms with Crippen LogP contribution in [0.5, 0.6) is 5.75 Å². The van der Waals surface area contributed by atoms with Crippen molar-refractivity contribution in [2.45, 2.75) is 11.8 Å². The van der Waals surface area contributed by atoms with E-state index >= 15 is 0 Å². The third-order valence-electron chi connectivity index (χ3n) is 2.56. The Morgan fingerprint density at radius 2 is 1.91 bits per heavy atom. The third-order valence-corrected chi connectivity index (χ3v) is 3.78. The van der Waals surface area contributed by atoms with Gasteiger partial charge in [0.1, 0.15) is 5.75 Å². The number of carbonyl (C=O) groups is 2. The average molecular weight is 336 g/mol. The van der Waals surface area contributed by atoms with E-state index in [1.54, 1.807) is 36.4 Å². The van der Waals surface area contributed by atoms with Crippen LogP contribution in [0.4, 0.5) is 5.69 Å². The van der Waals surface area contributed by atoms with Crippen LogP contribution in [0, 0.1) is 0 Å². The molecule has 0 fully saturated rings. The van der Waals surface area contributed by atoms with Gasteiger partial charge in [0.05, 0.1) is 5.75 Å². The molecule has 0 aliphatic heterocycles. The largest absolute Gasteiger partial charge is 0.426 e. The van der Waals surface area contributed by atoms with Crippen LogP contribution in [0.25, 0.3) is 0 Å². The second-order valence-electron chi connectivity index (χ2n) is 4.43. The van der Waals surface area contributed by atoms with Crippen LogP contribution in [-0.2, 0) is 9.59 Å². The molecule has 2 aromatic rings. The molecule has 0 aliphatic rings. The summed E-state index contributed by atoms with van der Waals surface area (Å²) >= 11 is 7.18. The standard InChI is InChI=1S/C16H14ClNO3S/c1-11(19)18-13-5-7-15(8-6-13)22-10-16(20)21-14-4-2-3-12(17)9-14/h2-9H,10H2,1H3,(H,18,19). The highest BCUT2D eigenvalue weighted by Crippen LogP contribution is 2.22. The molecule has 1 amide bonds. The van der Waals surface area contributed by atoms with Crippen molar-refractivity contribution >= 4 is 40.9 Å². The van der Waals surface area contributed by atoms with Gasteiger partial charge in [0.15, 0.2) is 0 Å². The van der Waals surface area contributed by atoms with Crippen molar-refractivity contribution in [2.75, 3.05) is 11.1 Å². The summed E-state index contributed by atoms with van der Waals surface area (Å²) < 4.78 is 5.19. The van der Waals surface area contributed by atoms with Crippen molar-refractivity contribution in [3.63, 3.8) is 0 Å². The van der Waals surface area contributed by atoms with Gasteiger partial charge < -0.3 is 10.1 Å². The van der Waals surface area contributed by atoms with Gasteiger partial charge >= 0.3 is 5.97 Å². The lowest BCUT2D eigenvalue weighted by Crippen LogP contribution is -2.10. The van der Waals surface area contributed by atoms with E-state index in [1.165, 1.54) is 18.7 Å². The summed E-state index contributed by atoms with van der Waals surface area (Å²) in [6.45, 7) is 1.45. The van der Waals surface area contributed by atoms with Crippen LogP contribution in [0.1, 0.15) is 6.92 Å². The molecule has 22 heavy (non-hydrogen) atoms. The molecule has 114 valence electrons. The van der Waals surface area contributed by atoms with E-state index in [9.17, 15) is 9.59 Å². The lowest BCUT2D eigenvalue weighted by molar-refractivity contribution is -0.131. The Bertz CT molecular complexity index is 673. The normalized spacial score (nSPS) is 10.1. The maximum absolute atomic E-state index is 11.8. The maximum atomic E-state index is 11.8. The van der Waals surface area contributed by atoms with Gasteiger partial charge in [-0.2, -0.15) is 0 Å². The summed E-state index contributed by atoms with van der Waals surface area (Å²) in [7, 11) is 0. The minimum Gasteiger partial charge on any atom is -0.426 e. The number of rotatable bonds is 5. The lowest BCUT2D eigenvalue weighted by atomic mass is 10.3. The lowest BCUT2D eigenvalue weighted by Gasteiger charge is -2.06. The Labute approximate surface area is 137 Å². The molecule has 0 heterocycles. The summed E-state index contributed by atoms with van der Waals surface area (Å²) in [6.07, 6.45) is 0. The van der Waals surface area contributed by atoms with E-state index in [4.69, 9.17) is 16.3 Å². The fourth-order valence-electron chi connectivity index (χ4n) is 1.67. The number of carbonyl (C=O) groups excluding carboxylic acids is 2. The fourth-order valence-corrected chi connectivity index (χ4v) is 2.52. The SMILES string of the molecule is CC(=O)Nc1ccc(SCC(=O)Oc2cccc(Cl)c2)cc1. The van der Waals surface area contributed by atoms with E-state index in [1.807, 2.05) is 12.1 Å². The number of anilines is 1. The molecule has 0 atom stereocenters. The van der Waals surface area contributed by atoms with Gasteiger partial charge in [0.2, 0.25) is 5.91 Å². The Hall–Kier alpha value is -1.98. The minimum absolute atomic E-state index is 0.120. The zero-order valence-electron chi connectivity index (χ0n) is 11.8. The zero-order chi connectivity index (χ0) is 15.9. The average Bonchev–Trinajstić information content (AvgIpc) is 2.46. The summed E-state index contributed by atoms with van der Waals surface area (Å²) in [5.41, 5.74) is 0.721. The van der Waals surface area contributed by atoms with E-state index in [0.29, 0.717) is 10.8 Å². The number of thioether (sulfide) groups is 1. The predicted molar refractivity (Wildman–Crippen MR) is 88.6 cm³/mol. The van der Waals surface area contributed by atoms with Gasteiger partial charge in [-0.25, -0.2) is 0 Å². The first kappa shape index (κ1) is 16.4. The van der Waals surface area contributed by atoms with Gasteiger partial charge in [-0.3, -0.25) is 9.59 Å². The van der Waals surface area contributed by atoms with Crippen molar-refractivity contribution in [3.05, 3.63) is 53.6 Å². The summed E-state index contributed by atoms with van der Waals surface area (Å²) in [5.74, 6) is 0.147. The first-order valence-electron chi connectivity index (χ1n) is 6.49. The molecular weight excluding hydrogens is 322 g/mol. The number of amides is 1. The number of esters is 1. The second kappa shape index (κ2) is 7.87. The van der Waals surface area contributed by atoms with E-state index in [2.05, 4.69) is 5.32 Å². The molecule has 4 nitrogen and oxygen atoms in total. The van der Waals surface area contributed by atoms with E-state index < -0.39 is 0 Å². The van der Waals surface area contributed by atoms with Crippen molar-refractivity contribution in [1.29, 1.82) is 0 Å². The number of benzene rings is 2. The second-order valence-corrected chi connectivity index (χ2v) is 5.91. The first-order chi connectivity index (χ1) is 10.5. The molecule has 0 aromatic heterocycles. The molecule has 2 rings (SSSR count). The first-order valence-corrected chi connectivity index (χ1v) is 7.86. The van der Waals surface area contributed by atoms with Gasteiger partial charge in [-0.1, -0.05) is 17.7 Å². The summed E-state index contributed by atoms with van der Waals surface area (Å²) in [4.78, 5) is 23.6. The van der Waals surface area contributed by atoms with Gasteiger partial charge in [0, 0.05) is 22.5 Å². The topological polar surface area (TPSA) is 55.4 Å². The Morgan fingerprint density at radius 1 is 1.18 bits per heavy atom. The predicted octanol–water partition coefficient (Wildman–Crippen LogP) is 4.00. The van der Waals surface area contributed by atoms with Gasteiger partial charge in [-0.05, 0) is 42.5 Å². The molecule has 0 aliphatic carbocycles. The van der Waals surface area contributed by atoms with Crippen LogP contribution < -0.4 is 10.1 Å². The Kier molecular flexibility index (Phi) is 5.86. The number of ether oxygens (including phenoxy) is 1. The number of hydrogen-bond acceptors (Lipinski definition) is 4. The smallest absolute Gasteiger partial charge is 0.321 e. The highest BCUT2D eigenvalue weighted by atomic mass is 35.5. The van der Waals surface area contributed by atoms with Gasteiger partial charge in [-0.15, -0.1) is 11.8 Å². The fraction of sp³-hybridized carbons (Fsp3) is 0.125. The molecule has 0 saturated carbocycles. The summed E-state index contributed by atoms with van der Waals surface area (Å²) in [5, 5.41) is 3.20. The Morgan fingerprint density at radius 3 is 2.55 bits per heavy atom. The van der Waals surface area contributed by atoms with E-state index in [0.717, 1.165) is 10.6 Å². The molecule has 0 saturated heterocycles. The van der Waals surface area contributed by atoms with Crippen molar-refractivity contribution < 1.29 is 14.3 Å². The van der Waals surface area contributed by atoms with Crippen LogP contribution in [0.2, 0.25) is 5.02 Å². The van der Waals surface area contributed by atoms with Crippen molar-refractivity contribution in [2.24, 2.45) is 0 Å². The van der Waals surface area contributed by atoms with Crippen molar-refractivity contribution in [1.82, 2.24) is 0 Å². The van der Waals surface area contributed by atoms with Crippen LogP contribution in [0.15, 0.2) is 53.4 Å². The van der Waals surface area contributed by atoms with Crippen molar-refractivity contribution in [3.8, 4) is 5.75 Å². The molecule has 0 spiro atoms. The molecule has 0 bridgehead atoms. The van der Waals surface area contributed by atoms with E-state index in [-0.39, 0.29) is 17.6 Å². The molecule has 0 radical (unpaired) electrons. The molecule has 0 unspecified atom stereocenters. The van der Waals surface area contributed by atoms with Crippen LogP contribution >= 0.6 is 23.4 Å². The number of nitrogens with one attached hydrogen (secondary N) is 1. The number of halogens is 1. The molecule has 2 aromatic carbocycles. The Balaban J connectivity index is 1.84. The minimum atomic E-state index is -0.349. The number of hydrogen-bond donors (Lipinski definition) is 1. The van der Waals surface area contributed by atoms with Gasteiger partial charge in [0.25, 0.3) is 0 Å². The highest BCUT2D eigenvalue weighted by Gasteiger charge is 2.06. The molecular formula is C16H14ClNO3S. The van der Waals surface area contributed by atoms with Crippen LogP contribution in [0.3, 0.4) is 0 Å². The zero-order valence-corrected chi connectivity index (χ0v) is 13.4. The molecule has 1 N–H and O–H groups in total. The molecule has 6 heteroatoms. The quantitative estimate of drug-likeness (QED) is 0.510. The highest BCUT2D eigenvalue weighted by molar-refractivity contribution is 8.00. The third kappa shape index (κ3) is 5.42. The maximum Gasteiger partial charge on any atom is 0.321 e. The van der Waals surface area contributed by atoms with Crippen LogP contribution in [-0.4, -0.2) is 17.6 Å².